The van der Waals surface area contributed by atoms with Gasteiger partial charge in [0.2, 0.25) is 0 Å². The van der Waals surface area contributed by atoms with Crippen molar-refractivity contribution in [3.05, 3.63) is 78.9 Å². The normalized spacial score (nSPS) is 11.8. The topological polar surface area (TPSA) is 95.6 Å². The van der Waals surface area contributed by atoms with Gasteiger partial charge < -0.3 is 0 Å². The van der Waals surface area contributed by atoms with Crippen LogP contribution in [0.15, 0.2) is 78.1 Å². The summed E-state index contributed by atoms with van der Waals surface area (Å²) in [5, 5.41) is 10.2. The summed E-state index contributed by atoms with van der Waals surface area (Å²) in [6, 6.07) is 16.5. The van der Waals surface area contributed by atoms with E-state index in [0.29, 0.717) is 5.95 Å². The molecule has 0 aliphatic heterocycles. The molecule has 3 aromatic heterocycles. The van der Waals surface area contributed by atoms with Gasteiger partial charge in [-0.15, -0.1) is 0 Å². The molecule has 0 aliphatic carbocycles. The van der Waals surface area contributed by atoms with Gasteiger partial charge in [-0.1, -0.05) is 19.1 Å². The van der Waals surface area contributed by atoms with Crippen molar-refractivity contribution in [2.45, 2.75) is 18.2 Å². The van der Waals surface area contributed by atoms with Gasteiger partial charge >= 0.3 is 0 Å². The standard InChI is InChI=1S/C23H20N6O2S/c1-3-20-19-10-5-16(15-22(19)29(27-20)23-24-12-4-13-25-23)21-11-14-26-28(21)17-6-8-18(9-7-17)32(2,30)31/h4-15H,3H2,1-2H3. The average Bonchev–Trinajstić information content (AvgIpc) is 3.44. The van der Waals surface area contributed by atoms with Crippen LogP contribution >= 0.6 is 0 Å². The fourth-order valence-electron chi connectivity index (χ4n) is 3.72. The van der Waals surface area contributed by atoms with Gasteiger partial charge in [-0.3, -0.25) is 0 Å². The molecule has 0 radical (unpaired) electrons. The smallest absolute Gasteiger partial charge is 0.233 e. The summed E-state index contributed by atoms with van der Waals surface area (Å²) in [6.45, 7) is 2.07. The summed E-state index contributed by atoms with van der Waals surface area (Å²) in [7, 11) is -3.26. The van der Waals surface area contributed by atoms with Gasteiger partial charge in [0, 0.05) is 29.6 Å². The Morgan fingerprint density at radius 3 is 2.34 bits per heavy atom. The molecule has 0 aliphatic rings. The van der Waals surface area contributed by atoms with Crippen LogP contribution in [0.25, 0.3) is 33.8 Å². The minimum absolute atomic E-state index is 0.273. The number of sulfone groups is 1. The lowest BCUT2D eigenvalue weighted by molar-refractivity contribution is 0.602. The van der Waals surface area contributed by atoms with Gasteiger partial charge in [-0.2, -0.15) is 14.9 Å². The summed E-state index contributed by atoms with van der Waals surface area (Å²) in [5.41, 5.74) is 4.47. The molecule has 2 aromatic carbocycles. The fourth-order valence-corrected chi connectivity index (χ4v) is 4.35. The molecule has 32 heavy (non-hydrogen) atoms. The van der Waals surface area contributed by atoms with Gasteiger partial charge in [0.25, 0.3) is 5.95 Å². The molecule has 160 valence electrons. The Morgan fingerprint density at radius 2 is 1.66 bits per heavy atom. The number of fused-ring (bicyclic) bond motifs is 1. The van der Waals surface area contributed by atoms with Crippen molar-refractivity contribution in [3.63, 3.8) is 0 Å². The molecular weight excluding hydrogens is 424 g/mol. The highest BCUT2D eigenvalue weighted by Gasteiger charge is 2.16. The molecule has 5 aromatic rings. The second-order valence-electron chi connectivity index (χ2n) is 7.39. The molecule has 0 atom stereocenters. The highest BCUT2D eigenvalue weighted by atomic mass is 32.2. The second kappa shape index (κ2) is 7.69. The number of rotatable bonds is 5. The molecule has 0 spiro atoms. The Morgan fingerprint density at radius 1 is 0.906 bits per heavy atom. The third kappa shape index (κ3) is 3.46. The maximum absolute atomic E-state index is 11.8. The molecule has 0 fully saturated rings. The van der Waals surface area contributed by atoms with Crippen LogP contribution in [0, 0.1) is 0 Å². The third-order valence-corrected chi connectivity index (χ3v) is 6.41. The average molecular weight is 445 g/mol. The van der Waals surface area contributed by atoms with E-state index < -0.39 is 9.84 Å². The Labute approximate surface area is 185 Å². The zero-order valence-electron chi connectivity index (χ0n) is 17.5. The monoisotopic (exact) mass is 444 g/mol. The first-order valence-electron chi connectivity index (χ1n) is 10.1. The first-order chi connectivity index (χ1) is 15.5. The molecular formula is C23H20N6O2S. The van der Waals surface area contributed by atoms with E-state index in [0.717, 1.165) is 40.0 Å². The summed E-state index contributed by atoms with van der Waals surface area (Å²) < 4.78 is 27.1. The largest absolute Gasteiger partial charge is 0.251 e. The SMILES string of the molecule is CCc1nn(-c2ncccn2)c2cc(-c3ccnn3-c3ccc(S(C)(=O)=O)cc3)ccc12. The highest BCUT2D eigenvalue weighted by molar-refractivity contribution is 7.90. The van der Waals surface area contributed by atoms with Crippen molar-refractivity contribution in [3.8, 4) is 22.9 Å². The van der Waals surface area contributed by atoms with E-state index >= 15 is 0 Å². The van der Waals surface area contributed by atoms with Gasteiger partial charge in [-0.05, 0) is 48.9 Å². The molecule has 0 saturated carbocycles. The van der Waals surface area contributed by atoms with Crippen molar-refractivity contribution in [2.24, 2.45) is 0 Å². The van der Waals surface area contributed by atoms with E-state index in [2.05, 4.69) is 34.1 Å². The molecule has 0 unspecified atom stereocenters. The number of hydrogen-bond acceptors (Lipinski definition) is 6. The number of aryl methyl sites for hydroxylation is 1. The van der Waals surface area contributed by atoms with Crippen molar-refractivity contribution in [1.29, 1.82) is 0 Å². The van der Waals surface area contributed by atoms with Gasteiger partial charge in [-0.25, -0.2) is 23.1 Å². The molecule has 8 nitrogen and oxygen atoms in total. The lowest BCUT2D eigenvalue weighted by Gasteiger charge is -2.09. The Hall–Kier alpha value is -3.85. The summed E-state index contributed by atoms with van der Waals surface area (Å²) in [6.07, 6.45) is 7.10. The first-order valence-corrected chi connectivity index (χ1v) is 12.0. The van der Waals surface area contributed by atoms with Crippen LogP contribution < -0.4 is 0 Å². The lowest BCUT2D eigenvalue weighted by atomic mass is 10.1. The minimum atomic E-state index is -3.26. The van der Waals surface area contributed by atoms with Crippen LogP contribution in [0.1, 0.15) is 12.6 Å². The molecule has 9 heteroatoms. The molecule has 5 rings (SSSR count). The number of nitrogens with zero attached hydrogens (tertiary/aromatic N) is 6. The predicted octanol–water partition coefficient (Wildman–Crippen LogP) is 3.63. The fraction of sp³-hybridized carbons (Fsp3) is 0.130. The van der Waals surface area contributed by atoms with Crippen molar-refractivity contribution in [1.82, 2.24) is 29.5 Å². The van der Waals surface area contributed by atoms with Gasteiger partial charge in [0.05, 0.1) is 33.7 Å². The second-order valence-corrected chi connectivity index (χ2v) is 9.40. The van der Waals surface area contributed by atoms with Crippen molar-refractivity contribution >= 4 is 20.7 Å². The van der Waals surface area contributed by atoms with Crippen LogP contribution in [0.3, 0.4) is 0 Å². The van der Waals surface area contributed by atoms with E-state index in [-0.39, 0.29) is 4.90 Å². The molecule has 0 bridgehead atoms. The number of hydrogen-bond donors (Lipinski definition) is 0. The first kappa shape index (κ1) is 20.1. The van der Waals surface area contributed by atoms with Gasteiger partial charge in [0.15, 0.2) is 9.84 Å². The minimum Gasteiger partial charge on any atom is -0.233 e. The summed E-state index contributed by atoms with van der Waals surface area (Å²) in [5.74, 6) is 0.513. The van der Waals surface area contributed by atoms with Crippen LogP contribution in [-0.4, -0.2) is 44.2 Å². The van der Waals surface area contributed by atoms with Crippen LogP contribution in [-0.2, 0) is 16.3 Å². The van der Waals surface area contributed by atoms with E-state index in [1.807, 2.05) is 12.1 Å². The van der Waals surface area contributed by atoms with Crippen molar-refractivity contribution in [2.75, 3.05) is 6.26 Å². The van der Waals surface area contributed by atoms with E-state index in [1.165, 1.54) is 6.26 Å². The Bertz CT molecular complexity index is 1520. The van der Waals surface area contributed by atoms with Crippen LogP contribution in [0.4, 0.5) is 0 Å². The number of benzene rings is 2. The Kier molecular flexibility index (Phi) is 4.82. The lowest BCUT2D eigenvalue weighted by Crippen LogP contribution is -2.03. The van der Waals surface area contributed by atoms with E-state index in [9.17, 15) is 8.42 Å². The van der Waals surface area contributed by atoms with Crippen LogP contribution in [0.2, 0.25) is 0 Å². The van der Waals surface area contributed by atoms with E-state index in [4.69, 9.17) is 5.10 Å². The Balaban J connectivity index is 1.63. The third-order valence-electron chi connectivity index (χ3n) is 5.28. The number of aromatic nitrogens is 6. The van der Waals surface area contributed by atoms with Crippen molar-refractivity contribution < 1.29 is 8.42 Å². The summed E-state index contributed by atoms with van der Waals surface area (Å²) in [4.78, 5) is 8.98. The summed E-state index contributed by atoms with van der Waals surface area (Å²) >= 11 is 0. The zero-order chi connectivity index (χ0) is 22.3. The molecule has 0 saturated heterocycles. The molecule has 3 heterocycles. The maximum Gasteiger partial charge on any atom is 0.251 e. The maximum atomic E-state index is 11.8. The van der Waals surface area contributed by atoms with Crippen LogP contribution in [0.5, 0.6) is 0 Å². The predicted molar refractivity (Wildman–Crippen MR) is 122 cm³/mol. The highest BCUT2D eigenvalue weighted by Crippen LogP contribution is 2.29. The van der Waals surface area contributed by atoms with E-state index in [1.54, 1.807) is 58.3 Å². The van der Waals surface area contributed by atoms with Gasteiger partial charge in [0.1, 0.15) is 0 Å². The quantitative estimate of drug-likeness (QED) is 0.411. The zero-order valence-corrected chi connectivity index (χ0v) is 18.4. The molecule has 0 N–H and O–H groups in total. The molecule has 0 amide bonds.